The highest BCUT2D eigenvalue weighted by Crippen LogP contribution is 2.19. The Morgan fingerprint density at radius 2 is 2.19 bits per heavy atom. The van der Waals surface area contributed by atoms with Crippen molar-refractivity contribution in [2.75, 3.05) is 40.5 Å². The van der Waals surface area contributed by atoms with E-state index in [4.69, 9.17) is 21.1 Å². The Labute approximate surface area is 131 Å². The summed E-state index contributed by atoms with van der Waals surface area (Å²) in [6, 6.07) is 7.66. The van der Waals surface area contributed by atoms with Crippen LogP contribution in [0, 0.1) is 0 Å². The molecule has 2 N–H and O–H groups in total. The zero-order valence-corrected chi connectivity index (χ0v) is 13.6. The topological polar surface area (TPSA) is 54.9 Å². The molecule has 0 aromatic heterocycles. The Balaban J connectivity index is 2.46. The van der Waals surface area contributed by atoms with Crippen LogP contribution in [0.4, 0.5) is 0 Å². The van der Waals surface area contributed by atoms with Crippen LogP contribution in [0.25, 0.3) is 0 Å². The summed E-state index contributed by atoms with van der Waals surface area (Å²) >= 11 is 6.01. The highest BCUT2D eigenvalue weighted by atomic mass is 35.5. The molecular formula is C15H24ClN3O2. The quantitative estimate of drug-likeness (QED) is 0.439. The molecular weight excluding hydrogens is 290 g/mol. The molecule has 1 rings (SSSR count). The summed E-state index contributed by atoms with van der Waals surface area (Å²) in [4.78, 5) is 4.16. The monoisotopic (exact) mass is 313 g/mol. The van der Waals surface area contributed by atoms with Gasteiger partial charge in [0, 0.05) is 38.9 Å². The molecule has 0 spiro atoms. The molecule has 0 aliphatic rings. The first kappa shape index (κ1) is 17.8. The summed E-state index contributed by atoms with van der Waals surface area (Å²) in [5.74, 6) is 0.721. The maximum Gasteiger partial charge on any atom is 0.191 e. The van der Waals surface area contributed by atoms with Crippen molar-refractivity contribution in [2.45, 2.75) is 13.0 Å². The third kappa shape index (κ3) is 6.80. The predicted octanol–water partition coefficient (Wildman–Crippen LogP) is 2.23. The fourth-order valence-electron chi connectivity index (χ4n) is 1.84. The molecule has 0 bridgehead atoms. The van der Waals surface area contributed by atoms with Crippen molar-refractivity contribution in [2.24, 2.45) is 4.99 Å². The largest absolute Gasteiger partial charge is 0.380 e. The van der Waals surface area contributed by atoms with E-state index in [9.17, 15) is 0 Å². The second kappa shape index (κ2) is 10.4. The van der Waals surface area contributed by atoms with Crippen molar-refractivity contribution in [3.05, 3.63) is 34.9 Å². The SMILES string of the molecule is CCOCCNC(=NC)NCC(OC)c1cccc(Cl)c1. The fraction of sp³-hybridized carbons (Fsp3) is 0.533. The fourth-order valence-corrected chi connectivity index (χ4v) is 2.04. The molecule has 0 radical (unpaired) electrons. The third-order valence-electron chi connectivity index (χ3n) is 2.93. The maximum absolute atomic E-state index is 6.01. The molecule has 0 heterocycles. The zero-order valence-electron chi connectivity index (χ0n) is 12.9. The Morgan fingerprint density at radius 3 is 2.81 bits per heavy atom. The molecule has 118 valence electrons. The standard InChI is InChI=1S/C15H24ClN3O2/c1-4-21-9-8-18-15(17-2)19-11-14(20-3)12-6-5-7-13(16)10-12/h5-7,10,14H,4,8-9,11H2,1-3H3,(H2,17,18,19). The summed E-state index contributed by atoms with van der Waals surface area (Å²) in [6.45, 7) is 4.65. The van der Waals surface area contributed by atoms with E-state index in [0.29, 0.717) is 31.3 Å². The molecule has 0 aliphatic heterocycles. The highest BCUT2D eigenvalue weighted by molar-refractivity contribution is 6.30. The number of benzene rings is 1. The van der Waals surface area contributed by atoms with Crippen LogP contribution in [0.2, 0.25) is 5.02 Å². The second-order valence-electron chi connectivity index (χ2n) is 4.36. The Hall–Kier alpha value is -1.30. The summed E-state index contributed by atoms with van der Waals surface area (Å²) in [5, 5.41) is 7.11. The van der Waals surface area contributed by atoms with Gasteiger partial charge in [-0.15, -0.1) is 0 Å². The van der Waals surface area contributed by atoms with Gasteiger partial charge in [-0.2, -0.15) is 0 Å². The van der Waals surface area contributed by atoms with Crippen molar-refractivity contribution in [3.8, 4) is 0 Å². The molecule has 6 heteroatoms. The van der Waals surface area contributed by atoms with E-state index in [-0.39, 0.29) is 6.10 Å². The van der Waals surface area contributed by atoms with Gasteiger partial charge in [0.15, 0.2) is 5.96 Å². The van der Waals surface area contributed by atoms with Gasteiger partial charge in [-0.25, -0.2) is 0 Å². The molecule has 0 saturated carbocycles. The first-order valence-corrected chi connectivity index (χ1v) is 7.39. The van der Waals surface area contributed by atoms with E-state index in [0.717, 1.165) is 11.5 Å². The third-order valence-corrected chi connectivity index (χ3v) is 3.16. The molecule has 0 saturated heterocycles. The van der Waals surface area contributed by atoms with Crippen molar-refractivity contribution < 1.29 is 9.47 Å². The number of guanidine groups is 1. The lowest BCUT2D eigenvalue weighted by molar-refractivity contribution is 0.106. The molecule has 1 unspecified atom stereocenters. The van der Waals surface area contributed by atoms with Crippen LogP contribution >= 0.6 is 11.6 Å². The number of nitrogens with one attached hydrogen (secondary N) is 2. The van der Waals surface area contributed by atoms with Crippen molar-refractivity contribution >= 4 is 17.6 Å². The van der Waals surface area contributed by atoms with Crippen LogP contribution in [0.15, 0.2) is 29.3 Å². The summed E-state index contributed by atoms with van der Waals surface area (Å²) < 4.78 is 10.8. The van der Waals surface area contributed by atoms with E-state index >= 15 is 0 Å². The Kier molecular flexibility index (Phi) is 8.82. The van der Waals surface area contributed by atoms with Gasteiger partial charge in [-0.1, -0.05) is 23.7 Å². The van der Waals surface area contributed by atoms with Crippen molar-refractivity contribution in [3.63, 3.8) is 0 Å². The average molecular weight is 314 g/mol. The number of halogens is 1. The minimum absolute atomic E-state index is 0.0888. The van der Waals surface area contributed by atoms with Crippen LogP contribution in [-0.2, 0) is 9.47 Å². The van der Waals surface area contributed by atoms with E-state index < -0.39 is 0 Å². The van der Waals surface area contributed by atoms with E-state index in [1.807, 2.05) is 31.2 Å². The Bertz CT molecular complexity index is 441. The molecule has 0 fully saturated rings. The summed E-state index contributed by atoms with van der Waals surface area (Å²) in [5.41, 5.74) is 1.03. The van der Waals surface area contributed by atoms with Crippen LogP contribution in [-0.4, -0.2) is 46.4 Å². The molecule has 1 aromatic carbocycles. The van der Waals surface area contributed by atoms with Crippen LogP contribution < -0.4 is 10.6 Å². The molecule has 1 atom stereocenters. The number of hydrogen-bond donors (Lipinski definition) is 2. The molecule has 5 nitrogen and oxygen atoms in total. The van der Waals surface area contributed by atoms with Crippen molar-refractivity contribution in [1.82, 2.24) is 10.6 Å². The van der Waals surface area contributed by atoms with Crippen LogP contribution in [0.5, 0.6) is 0 Å². The van der Waals surface area contributed by atoms with Gasteiger partial charge in [-0.05, 0) is 24.6 Å². The number of rotatable bonds is 8. The summed E-state index contributed by atoms with van der Waals surface area (Å²) in [6.07, 6.45) is -0.0888. The zero-order chi connectivity index (χ0) is 15.5. The molecule has 0 amide bonds. The smallest absolute Gasteiger partial charge is 0.191 e. The predicted molar refractivity (Wildman–Crippen MR) is 87.1 cm³/mol. The second-order valence-corrected chi connectivity index (χ2v) is 4.79. The van der Waals surface area contributed by atoms with E-state index in [1.165, 1.54) is 0 Å². The normalized spacial score (nSPS) is 13.0. The molecule has 1 aromatic rings. The van der Waals surface area contributed by atoms with E-state index in [1.54, 1.807) is 14.2 Å². The van der Waals surface area contributed by atoms with Gasteiger partial charge in [0.25, 0.3) is 0 Å². The van der Waals surface area contributed by atoms with Gasteiger partial charge in [0.05, 0.1) is 12.7 Å². The number of ether oxygens (including phenoxy) is 2. The minimum Gasteiger partial charge on any atom is -0.380 e. The molecule has 0 aliphatic carbocycles. The van der Waals surface area contributed by atoms with Crippen LogP contribution in [0.1, 0.15) is 18.6 Å². The average Bonchev–Trinajstić information content (AvgIpc) is 2.50. The van der Waals surface area contributed by atoms with Gasteiger partial charge >= 0.3 is 0 Å². The lowest BCUT2D eigenvalue weighted by Gasteiger charge is -2.19. The van der Waals surface area contributed by atoms with Gasteiger partial charge in [0.1, 0.15) is 0 Å². The van der Waals surface area contributed by atoms with Gasteiger partial charge in [-0.3, -0.25) is 4.99 Å². The van der Waals surface area contributed by atoms with Crippen molar-refractivity contribution in [1.29, 1.82) is 0 Å². The number of nitrogens with zero attached hydrogens (tertiary/aromatic N) is 1. The van der Waals surface area contributed by atoms with Gasteiger partial charge in [0.2, 0.25) is 0 Å². The lowest BCUT2D eigenvalue weighted by Crippen LogP contribution is -2.41. The summed E-state index contributed by atoms with van der Waals surface area (Å²) in [7, 11) is 3.41. The van der Waals surface area contributed by atoms with E-state index in [2.05, 4.69) is 15.6 Å². The highest BCUT2D eigenvalue weighted by Gasteiger charge is 2.11. The minimum atomic E-state index is -0.0888. The Morgan fingerprint density at radius 1 is 1.38 bits per heavy atom. The van der Waals surface area contributed by atoms with Gasteiger partial charge < -0.3 is 20.1 Å². The number of methoxy groups -OCH3 is 1. The first-order valence-electron chi connectivity index (χ1n) is 7.01. The number of hydrogen-bond acceptors (Lipinski definition) is 3. The lowest BCUT2D eigenvalue weighted by atomic mass is 10.1. The molecule has 21 heavy (non-hydrogen) atoms. The van der Waals surface area contributed by atoms with Crippen LogP contribution in [0.3, 0.4) is 0 Å². The maximum atomic E-state index is 6.01. The number of aliphatic imine (C=N–C) groups is 1. The first-order chi connectivity index (χ1) is 10.2.